The minimum absolute atomic E-state index is 0.239. The van der Waals surface area contributed by atoms with Crippen molar-refractivity contribution >= 4 is 26.0 Å². The molecule has 1 fully saturated rings. The summed E-state index contributed by atoms with van der Waals surface area (Å²) < 4.78 is 40.0. The predicted molar refractivity (Wildman–Crippen MR) is 68.1 cm³/mol. The molecule has 2 rings (SSSR count). The van der Waals surface area contributed by atoms with Gasteiger partial charge in [-0.1, -0.05) is 15.9 Å². The maximum atomic E-state index is 13.7. The molecule has 0 spiro atoms. The van der Waals surface area contributed by atoms with Gasteiger partial charge in [-0.05, 0) is 31.0 Å². The van der Waals surface area contributed by atoms with Crippen molar-refractivity contribution in [1.82, 2.24) is 4.31 Å². The smallest absolute Gasteiger partial charge is 0.246 e. The van der Waals surface area contributed by atoms with Gasteiger partial charge in [0.05, 0.1) is 6.61 Å². The van der Waals surface area contributed by atoms with E-state index >= 15 is 0 Å². The lowest BCUT2D eigenvalue weighted by Gasteiger charge is -2.22. The molecule has 7 heteroatoms. The minimum Gasteiger partial charge on any atom is -0.395 e. The summed E-state index contributed by atoms with van der Waals surface area (Å²) >= 11 is 3.08. The van der Waals surface area contributed by atoms with E-state index in [0.717, 1.165) is 6.07 Å². The zero-order valence-electron chi connectivity index (χ0n) is 9.51. The van der Waals surface area contributed by atoms with E-state index in [1.807, 2.05) is 0 Å². The molecule has 0 bridgehead atoms. The maximum Gasteiger partial charge on any atom is 0.246 e. The first-order chi connectivity index (χ1) is 8.46. The number of halogens is 2. The second-order valence-electron chi connectivity index (χ2n) is 4.17. The molecule has 1 heterocycles. The molecule has 0 saturated carbocycles. The Morgan fingerprint density at radius 2 is 2.22 bits per heavy atom. The van der Waals surface area contributed by atoms with Gasteiger partial charge in [0.1, 0.15) is 10.7 Å². The van der Waals surface area contributed by atoms with E-state index in [4.69, 9.17) is 5.11 Å². The molecule has 1 atom stereocenters. The van der Waals surface area contributed by atoms with Crippen LogP contribution in [0.25, 0.3) is 0 Å². The number of aliphatic hydroxyl groups excluding tert-OH is 1. The molecule has 0 radical (unpaired) electrons. The highest BCUT2D eigenvalue weighted by molar-refractivity contribution is 9.10. The number of sulfonamides is 1. The number of hydrogen-bond donors (Lipinski definition) is 1. The highest BCUT2D eigenvalue weighted by Crippen LogP contribution is 2.28. The Hall–Kier alpha value is -0.500. The standard InChI is InChI=1S/C11H13BrFNO3S/c12-8-3-4-11(10(13)6-8)18(16,17)14-5-1-2-9(14)7-15/h3-4,6,9,15H,1-2,5,7H2/t9-/m0/s1. The lowest BCUT2D eigenvalue weighted by Crippen LogP contribution is -2.37. The van der Waals surface area contributed by atoms with E-state index < -0.39 is 21.9 Å². The molecular formula is C11H13BrFNO3S. The highest BCUT2D eigenvalue weighted by atomic mass is 79.9. The van der Waals surface area contributed by atoms with Gasteiger partial charge in [-0.15, -0.1) is 0 Å². The minimum atomic E-state index is -3.87. The third-order valence-electron chi connectivity index (χ3n) is 3.01. The zero-order chi connectivity index (χ0) is 13.3. The van der Waals surface area contributed by atoms with Crippen LogP contribution in [0.15, 0.2) is 27.6 Å². The summed E-state index contributed by atoms with van der Waals surface area (Å²) in [6, 6.07) is 3.40. The quantitative estimate of drug-likeness (QED) is 0.913. The van der Waals surface area contributed by atoms with Crippen LogP contribution < -0.4 is 0 Å². The maximum absolute atomic E-state index is 13.7. The first-order valence-corrected chi connectivity index (χ1v) is 7.78. The summed E-state index contributed by atoms with van der Waals surface area (Å²) in [7, 11) is -3.87. The van der Waals surface area contributed by atoms with Gasteiger partial charge in [0.2, 0.25) is 10.0 Å². The van der Waals surface area contributed by atoms with Crippen LogP contribution in [0, 0.1) is 5.82 Å². The molecule has 100 valence electrons. The van der Waals surface area contributed by atoms with Crippen molar-refractivity contribution in [1.29, 1.82) is 0 Å². The monoisotopic (exact) mass is 337 g/mol. The molecule has 1 aromatic rings. The van der Waals surface area contributed by atoms with Crippen LogP contribution in [-0.2, 0) is 10.0 Å². The molecule has 1 aliphatic heterocycles. The van der Waals surface area contributed by atoms with Gasteiger partial charge >= 0.3 is 0 Å². The summed E-state index contributed by atoms with van der Waals surface area (Å²) in [6.07, 6.45) is 1.29. The summed E-state index contributed by atoms with van der Waals surface area (Å²) in [5, 5.41) is 9.15. The molecule has 1 aliphatic rings. The van der Waals surface area contributed by atoms with Gasteiger partial charge in [-0.3, -0.25) is 0 Å². The largest absolute Gasteiger partial charge is 0.395 e. The lowest BCUT2D eigenvalue weighted by atomic mass is 10.2. The van der Waals surface area contributed by atoms with Gasteiger partial charge in [0, 0.05) is 17.1 Å². The van der Waals surface area contributed by atoms with Crippen molar-refractivity contribution in [3.63, 3.8) is 0 Å². The van der Waals surface area contributed by atoms with Gasteiger partial charge in [-0.2, -0.15) is 4.31 Å². The SMILES string of the molecule is O=S(=O)(c1ccc(Br)cc1F)N1CCC[C@H]1CO. The Labute approximate surface area is 114 Å². The number of nitrogens with zero attached hydrogens (tertiary/aromatic N) is 1. The average molecular weight is 338 g/mol. The van der Waals surface area contributed by atoms with E-state index in [1.54, 1.807) is 0 Å². The van der Waals surface area contributed by atoms with Crippen molar-refractivity contribution in [3.8, 4) is 0 Å². The molecule has 0 amide bonds. The molecule has 0 aliphatic carbocycles. The summed E-state index contributed by atoms with van der Waals surface area (Å²) in [6.45, 7) is 0.0838. The Morgan fingerprint density at radius 1 is 1.50 bits per heavy atom. The van der Waals surface area contributed by atoms with Crippen LogP contribution in [0.4, 0.5) is 4.39 Å². The molecule has 1 aromatic carbocycles. The fourth-order valence-electron chi connectivity index (χ4n) is 2.12. The Balaban J connectivity index is 2.42. The third kappa shape index (κ3) is 2.45. The summed E-state index contributed by atoms with van der Waals surface area (Å²) in [5.74, 6) is -0.784. The molecule has 18 heavy (non-hydrogen) atoms. The first-order valence-electron chi connectivity index (χ1n) is 5.54. The second kappa shape index (κ2) is 5.24. The fraction of sp³-hybridized carbons (Fsp3) is 0.455. The summed E-state index contributed by atoms with van der Waals surface area (Å²) in [4.78, 5) is -0.342. The van der Waals surface area contributed by atoms with Crippen LogP contribution in [0.1, 0.15) is 12.8 Å². The van der Waals surface area contributed by atoms with Crippen molar-refractivity contribution in [2.24, 2.45) is 0 Å². The Bertz CT molecular complexity index is 549. The number of aliphatic hydroxyl groups is 1. The van der Waals surface area contributed by atoms with Crippen LogP contribution >= 0.6 is 15.9 Å². The molecule has 1 N–H and O–H groups in total. The summed E-state index contributed by atoms with van der Waals surface area (Å²) in [5.41, 5.74) is 0. The topological polar surface area (TPSA) is 57.6 Å². The number of hydrogen-bond acceptors (Lipinski definition) is 3. The lowest BCUT2D eigenvalue weighted by molar-refractivity contribution is 0.213. The Morgan fingerprint density at radius 3 is 2.83 bits per heavy atom. The van der Waals surface area contributed by atoms with Crippen LogP contribution in [0.2, 0.25) is 0 Å². The van der Waals surface area contributed by atoms with Crippen molar-refractivity contribution < 1.29 is 17.9 Å². The van der Waals surface area contributed by atoms with E-state index in [-0.39, 0.29) is 11.5 Å². The number of rotatable bonds is 3. The zero-order valence-corrected chi connectivity index (χ0v) is 11.9. The fourth-order valence-corrected chi connectivity index (χ4v) is 4.18. The molecule has 0 unspecified atom stereocenters. The highest BCUT2D eigenvalue weighted by Gasteiger charge is 2.36. The van der Waals surface area contributed by atoms with E-state index in [9.17, 15) is 12.8 Å². The van der Waals surface area contributed by atoms with Crippen molar-refractivity contribution in [2.75, 3.05) is 13.2 Å². The Kier molecular flexibility index (Phi) is 4.05. The predicted octanol–water partition coefficient (Wildman–Crippen LogP) is 1.73. The van der Waals surface area contributed by atoms with E-state index in [2.05, 4.69) is 15.9 Å². The van der Waals surface area contributed by atoms with Gasteiger partial charge < -0.3 is 5.11 Å². The number of benzene rings is 1. The normalized spacial score (nSPS) is 21.4. The van der Waals surface area contributed by atoms with Gasteiger partial charge in [0.25, 0.3) is 0 Å². The van der Waals surface area contributed by atoms with Crippen molar-refractivity contribution in [2.45, 2.75) is 23.8 Å². The van der Waals surface area contributed by atoms with Crippen molar-refractivity contribution in [3.05, 3.63) is 28.5 Å². The van der Waals surface area contributed by atoms with Gasteiger partial charge in [0.15, 0.2) is 0 Å². The third-order valence-corrected chi connectivity index (χ3v) is 5.49. The van der Waals surface area contributed by atoms with E-state index in [1.165, 1.54) is 16.4 Å². The average Bonchev–Trinajstić information content (AvgIpc) is 2.76. The van der Waals surface area contributed by atoms with E-state index in [0.29, 0.717) is 23.9 Å². The van der Waals surface area contributed by atoms with Gasteiger partial charge in [-0.25, -0.2) is 12.8 Å². The van der Waals surface area contributed by atoms with Crippen LogP contribution in [0.3, 0.4) is 0 Å². The first kappa shape index (κ1) is 13.9. The second-order valence-corrected chi connectivity index (χ2v) is 6.94. The molecule has 4 nitrogen and oxygen atoms in total. The molecular weight excluding hydrogens is 325 g/mol. The molecule has 1 saturated heterocycles. The van der Waals surface area contributed by atoms with Crippen LogP contribution in [0.5, 0.6) is 0 Å². The molecule has 0 aromatic heterocycles. The van der Waals surface area contributed by atoms with Crippen LogP contribution in [-0.4, -0.2) is 37.0 Å².